The summed E-state index contributed by atoms with van der Waals surface area (Å²) in [6.45, 7) is 24.9. The van der Waals surface area contributed by atoms with Crippen LogP contribution in [0.5, 0.6) is 0 Å². The summed E-state index contributed by atoms with van der Waals surface area (Å²) in [5.74, 6) is -10.1. The Kier molecular flexibility index (Phi) is 33.1. The highest BCUT2D eigenvalue weighted by atomic mass is 16.6. The number of ketones is 3. The summed E-state index contributed by atoms with van der Waals surface area (Å²) >= 11 is 0. The molecule has 434 valence electrons. The zero-order valence-corrected chi connectivity index (χ0v) is 47.5. The first-order valence-corrected chi connectivity index (χ1v) is 25.7. The Morgan fingerprint density at radius 3 is 1.42 bits per heavy atom. The van der Waals surface area contributed by atoms with Gasteiger partial charge < -0.3 is 53.8 Å². The van der Waals surface area contributed by atoms with Crippen molar-refractivity contribution < 1.29 is 85.8 Å². The van der Waals surface area contributed by atoms with Gasteiger partial charge in [-0.05, 0) is 101 Å². The number of azide groups is 1. The highest BCUT2D eigenvalue weighted by Gasteiger charge is 2.36. The predicted octanol–water partition coefficient (Wildman–Crippen LogP) is 4.92. The first kappa shape index (κ1) is 70.5. The maximum Gasteiger partial charge on any atom is 0.308 e. The fraction of sp³-hybridized carbons (Fsp3) is 0.808. The Morgan fingerprint density at radius 2 is 0.934 bits per heavy atom. The van der Waals surface area contributed by atoms with Crippen molar-refractivity contribution in [3.63, 3.8) is 0 Å². The highest BCUT2D eigenvalue weighted by Crippen LogP contribution is 2.22. The summed E-state index contributed by atoms with van der Waals surface area (Å²) in [6.07, 6.45) is -3.48. The zero-order chi connectivity index (χ0) is 58.3. The average Bonchev–Trinajstić information content (AvgIpc) is 3.25. The SMILES string of the molecule is CC(C)[C@H](CC(=O)[C@H](CCC(=O)OC(C)(C)C)NC(=O)[C@@H](CC(=O)CN=[N+]=[N-])CC(=O)OC(C)(C)C)C(=O)N[C@@H](CC(=O)OC(C)(C)C)C(=O)CCC(=O)NCCOCCOCCOCCOCCC(=O)OC(C)(C)C. The third-order valence-corrected chi connectivity index (χ3v) is 9.96. The van der Waals surface area contributed by atoms with Gasteiger partial charge in [0.25, 0.3) is 0 Å². The van der Waals surface area contributed by atoms with Crippen molar-refractivity contribution in [2.75, 3.05) is 65.9 Å². The predicted molar refractivity (Wildman–Crippen MR) is 276 cm³/mol. The molecule has 3 N–H and O–H groups in total. The van der Waals surface area contributed by atoms with Crippen LogP contribution in [0.25, 0.3) is 10.4 Å². The summed E-state index contributed by atoms with van der Waals surface area (Å²) in [5.41, 5.74) is 5.39. The van der Waals surface area contributed by atoms with Crippen LogP contribution in [0.2, 0.25) is 0 Å². The molecule has 24 nitrogen and oxygen atoms in total. The van der Waals surface area contributed by atoms with Crippen LogP contribution in [0.15, 0.2) is 5.11 Å². The van der Waals surface area contributed by atoms with Crippen LogP contribution >= 0.6 is 0 Å². The normalized spacial score (nSPS) is 13.5. The number of Topliss-reactive ketones (excluding diaryl/α,β-unsaturated/α-hetero) is 3. The van der Waals surface area contributed by atoms with Gasteiger partial charge in [0, 0.05) is 49.5 Å². The number of amides is 3. The molecule has 24 heteroatoms. The molecule has 0 bridgehead atoms. The van der Waals surface area contributed by atoms with Gasteiger partial charge in [-0.2, -0.15) is 0 Å². The van der Waals surface area contributed by atoms with E-state index in [1.807, 2.05) is 0 Å². The second-order valence-electron chi connectivity index (χ2n) is 22.3. The van der Waals surface area contributed by atoms with Crippen LogP contribution in [-0.4, -0.2) is 159 Å². The highest BCUT2D eigenvalue weighted by molar-refractivity contribution is 5.97. The van der Waals surface area contributed by atoms with Crippen molar-refractivity contribution in [2.24, 2.45) is 22.9 Å². The monoisotopic (exact) mass is 1080 g/mol. The van der Waals surface area contributed by atoms with E-state index in [-0.39, 0.29) is 71.0 Å². The molecule has 0 saturated heterocycles. The van der Waals surface area contributed by atoms with Crippen molar-refractivity contribution >= 4 is 58.9 Å². The smallest absolute Gasteiger partial charge is 0.308 e. The second-order valence-corrected chi connectivity index (χ2v) is 22.3. The Bertz CT molecular complexity index is 1940. The minimum Gasteiger partial charge on any atom is -0.460 e. The Hall–Kier alpha value is -5.55. The summed E-state index contributed by atoms with van der Waals surface area (Å²) in [4.78, 5) is 134. The number of hydrogen-bond donors (Lipinski definition) is 3. The fourth-order valence-electron chi connectivity index (χ4n) is 6.69. The van der Waals surface area contributed by atoms with E-state index < -0.39 is 137 Å². The molecule has 4 atom stereocenters. The molecule has 3 amide bonds. The standard InChI is InChI=1S/C52H88N6O18/c1-34(2)37(31-41(61)38(15-18-43(63)73-49(3,4)5)56-47(67)35(29-36(59)33-55-58-53)30-45(65)75-51(9,10)11)48(68)57-39(32-46(66)76-52(12,13)14)40(60)16-17-42(62)54-20-22-70-24-26-72-28-27-71-25-23-69-21-19-44(64)74-50(6,7)8/h34-35,37-39H,15-33H2,1-14H3,(H,54,62)(H,56,67)(H,57,68)/t35-,37-,38-,39-/m0/s1. The quantitative estimate of drug-likeness (QED) is 0.0184. The van der Waals surface area contributed by atoms with Gasteiger partial charge in [0.05, 0.1) is 96.7 Å². The second kappa shape index (κ2) is 35.7. The number of ether oxygens (including phenoxy) is 8. The maximum atomic E-state index is 14.2. The van der Waals surface area contributed by atoms with Gasteiger partial charge in [-0.15, -0.1) is 0 Å². The number of carbonyl (C=O) groups excluding carboxylic acids is 10. The summed E-state index contributed by atoms with van der Waals surface area (Å²) in [5, 5.41) is 11.0. The van der Waals surface area contributed by atoms with Crippen LogP contribution < -0.4 is 16.0 Å². The molecular weight excluding hydrogens is 997 g/mol. The maximum absolute atomic E-state index is 14.2. The molecule has 0 radical (unpaired) electrons. The van der Waals surface area contributed by atoms with Gasteiger partial charge in [0.15, 0.2) is 11.6 Å². The van der Waals surface area contributed by atoms with E-state index in [1.54, 1.807) is 96.9 Å². The van der Waals surface area contributed by atoms with Crippen LogP contribution in [-0.2, 0) is 85.8 Å². The molecule has 0 fully saturated rings. The molecule has 0 heterocycles. The lowest BCUT2D eigenvalue weighted by Crippen LogP contribution is -2.49. The first-order chi connectivity index (χ1) is 35.1. The lowest BCUT2D eigenvalue weighted by atomic mass is 9.86. The van der Waals surface area contributed by atoms with Crippen molar-refractivity contribution in [3.05, 3.63) is 10.4 Å². The largest absolute Gasteiger partial charge is 0.460 e. The van der Waals surface area contributed by atoms with Crippen molar-refractivity contribution in [1.29, 1.82) is 0 Å². The molecule has 0 rings (SSSR count). The number of nitrogens with zero attached hydrogens (tertiary/aromatic N) is 3. The van der Waals surface area contributed by atoms with E-state index in [1.165, 1.54) is 0 Å². The van der Waals surface area contributed by atoms with Gasteiger partial charge in [-0.1, -0.05) is 19.0 Å². The Labute approximate surface area is 448 Å². The third-order valence-electron chi connectivity index (χ3n) is 9.96. The topological polar surface area (TPSA) is 329 Å². The molecule has 0 aromatic carbocycles. The Morgan fingerprint density at radius 1 is 0.487 bits per heavy atom. The van der Waals surface area contributed by atoms with Crippen LogP contribution in [0.3, 0.4) is 0 Å². The number of rotatable bonds is 38. The fourth-order valence-corrected chi connectivity index (χ4v) is 6.69. The van der Waals surface area contributed by atoms with Crippen molar-refractivity contribution in [2.45, 2.75) is 189 Å². The van der Waals surface area contributed by atoms with E-state index in [0.29, 0.717) is 26.4 Å². The summed E-state index contributed by atoms with van der Waals surface area (Å²) in [6, 6.07) is -2.92. The third kappa shape index (κ3) is 38.1. The lowest BCUT2D eigenvalue weighted by Gasteiger charge is -2.27. The number of esters is 4. The van der Waals surface area contributed by atoms with Gasteiger partial charge >= 0.3 is 23.9 Å². The van der Waals surface area contributed by atoms with E-state index in [2.05, 4.69) is 26.0 Å². The molecule has 0 aliphatic heterocycles. The molecule has 0 aromatic rings. The molecule has 0 aromatic heterocycles. The van der Waals surface area contributed by atoms with E-state index in [4.69, 9.17) is 43.4 Å². The van der Waals surface area contributed by atoms with E-state index in [0.717, 1.165) is 0 Å². The van der Waals surface area contributed by atoms with Crippen molar-refractivity contribution in [3.8, 4) is 0 Å². The van der Waals surface area contributed by atoms with E-state index >= 15 is 0 Å². The number of carbonyl (C=O) groups is 10. The molecular formula is C52H88N6O18. The van der Waals surface area contributed by atoms with Crippen molar-refractivity contribution in [1.82, 2.24) is 16.0 Å². The molecule has 76 heavy (non-hydrogen) atoms. The Balaban J connectivity index is 5.76. The van der Waals surface area contributed by atoms with Crippen LogP contribution in [0.1, 0.15) is 155 Å². The average molecular weight is 1090 g/mol. The number of hydrogen-bond acceptors (Lipinski definition) is 19. The minimum absolute atomic E-state index is 0.116. The van der Waals surface area contributed by atoms with Gasteiger partial charge in [-0.3, -0.25) is 47.9 Å². The molecule has 0 aliphatic rings. The zero-order valence-electron chi connectivity index (χ0n) is 47.5. The molecule has 0 unspecified atom stereocenters. The van der Waals surface area contributed by atoms with Gasteiger partial charge in [0.1, 0.15) is 28.2 Å². The van der Waals surface area contributed by atoms with Gasteiger partial charge in [0.2, 0.25) is 17.7 Å². The molecule has 0 spiro atoms. The summed E-state index contributed by atoms with van der Waals surface area (Å²) in [7, 11) is 0. The molecule has 0 saturated carbocycles. The first-order valence-electron chi connectivity index (χ1n) is 25.7. The van der Waals surface area contributed by atoms with Gasteiger partial charge in [-0.25, -0.2) is 0 Å². The minimum atomic E-state index is -1.47. The van der Waals surface area contributed by atoms with Crippen LogP contribution in [0, 0.1) is 17.8 Å². The molecule has 0 aliphatic carbocycles. The lowest BCUT2D eigenvalue weighted by molar-refractivity contribution is -0.158. The van der Waals surface area contributed by atoms with E-state index in [9.17, 15) is 47.9 Å². The number of nitrogens with one attached hydrogen (secondary N) is 3. The van der Waals surface area contributed by atoms with Crippen LogP contribution in [0.4, 0.5) is 0 Å². The summed E-state index contributed by atoms with van der Waals surface area (Å²) < 4.78 is 43.2.